The zero-order chi connectivity index (χ0) is 17.1. The Kier molecular flexibility index (Phi) is 4.83. The molecule has 0 radical (unpaired) electrons. The molecule has 0 saturated heterocycles. The molecule has 4 aliphatic carbocycles. The van der Waals surface area contributed by atoms with Gasteiger partial charge in [0, 0.05) is 18.6 Å². The summed E-state index contributed by atoms with van der Waals surface area (Å²) in [5, 5.41) is 3.36. The fourth-order valence-corrected chi connectivity index (χ4v) is 7.64. The number of rotatable bonds is 3. The fraction of sp³-hybridized carbons (Fsp3) is 0.632. The van der Waals surface area contributed by atoms with Gasteiger partial charge in [0.1, 0.15) is 0 Å². The third kappa shape index (κ3) is 3.11. The minimum atomic E-state index is 0.0599. The molecule has 0 aromatic heterocycles. The third-order valence-corrected chi connectivity index (χ3v) is 9.58. The highest BCUT2D eigenvalue weighted by molar-refractivity contribution is 14.1. The van der Waals surface area contributed by atoms with E-state index in [1.165, 1.54) is 38.5 Å². The largest absolute Gasteiger partial charge is 0.349 e. The number of hydrogen-bond acceptors (Lipinski definition) is 1. The number of carbonyl (C=O) groups excluding carboxylic acids is 1. The van der Waals surface area contributed by atoms with E-state index in [2.05, 4.69) is 66.7 Å². The maximum Gasteiger partial charge on any atom is 0.252 e. The fourth-order valence-electron chi connectivity index (χ4n) is 5.86. The molecule has 0 heterocycles. The summed E-state index contributed by atoms with van der Waals surface area (Å²) in [5.74, 6) is 2.80. The van der Waals surface area contributed by atoms with E-state index in [4.69, 9.17) is 0 Å². The summed E-state index contributed by atoms with van der Waals surface area (Å²) in [6.07, 6.45) is 8.28. The van der Waals surface area contributed by atoms with Crippen molar-refractivity contribution < 1.29 is 4.79 Å². The van der Waals surface area contributed by atoms with Crippen LogP contribution in [-0.2, 0) is 0 Å². The van der Waals surface area contributed by atoms with Crippen LogP contribution in [0.15, 0.2) is 21.1 Å². The molecule has 1 atom stereocenters. The molecule has 4 aliphatic rings. The van der Waals surface area contributed by atoms with Crippen molar-refractivity contribution in [3.05, 3.63) is 30.2 Å². The van der Waals surface area contributed by atoms with Gasteiger partial charge >= 0.3 is 0 Å². The molecular weight excluding hydrogens is 545 g/mol. The standard InChI is InChI=1S/C19H22Br2INO/c1-10(19-7-11-2-12(8-19)4-13(3-11)9-19)23-18(24)15-5-14(20)6-16(21)17(15)22/h5-6,10-13H,2-4,7-9H2,1H3,(H,23,24)/t10-,11?,12?,13?,19?/m1/s1. The van der Waals surface area contributed by atoms with Crippen molar-refractivity contribution in [3.63, 3.8) is 0 Å². The van der Waals surface area contributed by atoms with Crippen LogP contribution in [-0.4, -0.2) is 11.9 Å². The topological polar surface area (TPSA) is 29.1 Å². The molecule has 5 rings (SSSR count). The summed E-state index contributed by atoms with van der Waals surface area (Å²) in [6.45, 7) is 2.24. The Balaban J connectivity index is 1.54. The zero-order valence-corrected chi connectivity index (χ0v) is 19.1. The Hall–Kier alpha value is 0.380. The van der Waals surface area contributed by atoms with E-state index in [-0.39, 0.29) is 11.9 Å². The van der Waals surface area contributed by atoms with E-state index < -0.39 is 0 Å². The number of hydrogen-bond donors (Lipinski definition) is 1. The first-order valence-corrected chi connectivity index (χ1v) is 11.5. The summed E-state index contributed by atoms with van der Waals surface area (Å²) in [7, 11) is 0. The average molecular weight is 567 g/mol. The Labute approximate surface area is 174 Å². The lowest BCUT2D eigenvalue weighted by Gasteiger charge is -2.59. The maximum absolute atomic E-state index is 12.9. The molecule has 4 bridgehead atoms. The van der Waals surface area contributed by atoms with E-state index in [0.717, 1.165) is 35.8 Å². The van der Waals surface area contributed by atoms with Crippen molar-refractivity contribution in [1.82, 2.24) is 5.32 Å². The molecule has 1 amide bonds. The van der Waals surface area contributed by atoms with Gasteiger partial charge in [0.05, 0.1) is 5.56 Å². The summed E-state index contributed by atoms with van der Waals surface area (Å²) < 4.78 is 2.87. The third-order valence-electron chi connectivity index (χ3n) is 6.59. The predicted molar refractivity (Wildman–Crippen MR) is 112 cm³/mol. The van der Waals surface area contributed by atoms with Crippen LogP contribution in [0.5, 0.6) is 0 Å². The van der Waals surface area contributed by atoms with Crippen LogP contribution in [0, 0.1) is 26.7 Å². The Morgan fingerprint density at radius 3 is 2.25 bits per heavy atom. The van der Waals surface area contributed by atoms with E-state index in [9.17, 15) is 4.79 Å². The quantitative estimate of drug-likeness (QED) is 0.345. The van der Waals surface area contributed by atoms with Crippen molar-refractivity contribution in [2.45, 2.75) is 51.5 Å². The molecule has 1 N–H and O–H groups in total. The number of nitrogens with one attached hydrogen (secondary N) is 1. The smallest absolute Gasteiger partial charge is 0.252 e. The van der Waals surface area contributed by atoms with Crippen molar-refractivity contribution in [2.24, 2.45) is 23.2 Å². The molecule has 1 aromatic rings. The van der Waals surface area contributed by atoms with Gasteiger partial charge in [0.25, 0.3) is 5.91 Å². The molecule has 0 unspecified atom stereocenters. The molecule has 4 fully saturated rings. The first-order valence-electron chi connectivity index (χ1n) is 8.82. The van der Waals surface area contributed by atoms with E-state index in [1.807, 2.05) is 12.1 Å². The number of amides is 1. The molecule has 4 saturated carbocycles. The molecule has 5 heteroatoms. The van der Waals surface area contributed by atoms with Crippen LogP contribution in [0.2, 0.25) is 0 Å². The lowest BCUT2D eigenvalue weighted by molar-refractivity contribution is -0.0688. The van der Waals surface area contributed by atoms with Crippen LogP contribution in [0.1, 0.15) is 55.8 Å². The lowest BCUT2D eigenvalue weighted by Crippen LogP contribution is -2.55. The van der Waals surface area contributed by atoms with Crippen molar-refractivity contribution in [3.8, 4) is 0 Å². The lowest BCUT2D eigenvalue weighted by atomic mass is 9.48. The number of benzene rings is 1. The average Bonchev–Trinajstić information content (AvgIpc) is 2.49. The van der Waals surface area contributed by atoms with Crippen molar-refractivity contribution in [2.75, 3.05) is 0 Å². The van der Waals surface area contributed by atoms with E-state index >= 15 is 0 Å². The van der Waals surface area contributed by atoms with E-state index in [1.54, 1.807) is 0 Å². The van der Waals surface area contributed by atoms with Gasteiger partial charge in [-0.2, -0.15) is 0 Å². The highest BCUT2D eigenvalue weighted by Gasteiger charge is 2.53. The summed E-state index contributed by atoms with van der Waals surface area (Å²) >= 11 is 9.29. The molecule has 1 aromatic carbocycles. The maximum atomic E-state index is 12.9. The molecule has 0 spiro atoms. The monoisotopic (exact) mass is 565 g/mol. The molecule has 24 heavy (non-hydrogen) atoms. The first kappa shape index (κ1) is 17.8. The normalized spacial score (nSPS) is 35.1. The summed E-state index contributed by atoms with van der Waals surface area (Å²) in [6, 6.07) is 4.17. The van der Waals surface area contributed by atoms with Gasteiger partial charge in [-0.1, -0.05) is 15.9 Å². The summed E-state index contributed by atoms with van der Waals surface area (Å²) in [5.41, 5.74) is 1.10. The minimum Gasteiger partial charge on any atom is -0.349 e. The van der Waals surface area contributed by atoms with Crippen LogP contribution in [0.3, 0.4) is 0 Å². The predicted octanol–water partition coefficient (Wildman–Crippen LogP) is 6.15. The van der Waals surface area contributed by atoms with Gasteiger partial charge in [0.15, 0.2) is 0 Å². The van der Waals surface area contributed by atoms with Crippen LogP contribution in [0.4, 0.5) is 0 Å². The van der Waals surface area contributed by atoms with Gasteiger partial charge < -0.3 is 5.32 Å². The van der Waals surface area contributed by atoms with Crippen molar-refractivity contribution in [1.29, 1.82) is 0 Å². The first-order chi connectivity index (χ1) is 11.4. The highest BCUT2D eigenvalue weighted by Crippen LogP contribution is 2.61. The second-order valence-corrected chi connectivity index (χ2v) is 11.1. The Bertz CT molecular complexity index is 655. The zero-order valence-electron chi connectivity index (χ0n) is 13.7. The molecule has 2 nitrogen and oxygen atoms in total. The van der Waals surface area contributed by atoms with Gasteiger partial charge in [-0.25, -0.2) is 0 Å². The number of halogens is 3. The SMILES string of the molecule is C[C@@H](NC(=O)c1cc(Br)cc(Br)c1I)C12CC3CC(CC(C3)C1)C2. The van der Waals surface area contributed by atoms with Gasteiger partial charge in [-0.05, 0) is 119 Å². The van der Waals surface area contributed by atoms with Gasteiger partial charge in [-0.15, -0.1) is 0 Å². The Morgan fingerprint density at radius 1 is 1.17 bits per heavy atom. The van der Waals surface area contributed by atoms with Crippen LogP contribution >= 0.6 is 54.5 Å². The second kappa shape index (κ2) is 6.52. The second-order valence-electron chi connectivity index (χ2n) is 8.22. The van der Waals surface area contributed by atoms with Crippen LogP contribution < -0.4 is 5.32 Å². The van der Waals surface area contributed by atoms with Gasteiger partial charge in [0.2, 0.25) is 0 Å². The minimum absolute atomic E-state index is 0.0599. The molecular formula is C19H22Br2INO. The van der Waals surface area contributed by atoms with Gasteiger partial charge in [-0.3, -0.25) is 4.79 Å². The number of carbonyl (C=O) groups is 1. The van der Waals surface area contributed by atoms with E-state index in [0.29, 0.717) is 5.41 Å². The Morgan fingerprint density at radius 2 is 1.71 bits per heavy atom. The highest BCUT2D eigenvalue weighted by atomic mass is 127. The van der Waals surface area contributed by atoms with Crippen molar-refractivity contribution >= 4 is 60.4 Å². The van der Waals surface area contributed by atoms with Crippen LogP contribution in [0.25, 0.3) is 0 Å². The molecule has 130 valence electrons. The molecule has 0 aliphatic heterocycles. The summed E-state index contributed by atoms with van der Waals surface area (Å²) in [4.78, 5) is 12.9.